The van der Waals surface area contributed by atoms with Crippen LogP contribution in [0.3, 0.4) is 0 Å². The zero-order chi connectivity index (χ0) is 21.8. The molecule has 0 amide bonds. The summed E-state index contributed by atoms with van der Waals surface area (Å²) in [5.41, 5.74) is 0. The quantitative estimate of drug-likeness (QED) is 0.242. The molecule has 1 nitrogen and oxygen atoms in total. The third kappa shape index (κ3) is 6.43. The zero-order valence-corrected chi connectivity index (χ0v) is 31.8. The van der Waals surface area contributed by atoms with Gasteiger partial charge in [0.15, 0.2) is 2.14 Å². The first-order chi connectivity index (χ1) is 10.9. The van der Waals surface area contributed by atoms with Crippen LogP contribution in [0.4, 0.5) is 13.2 Å². The predicted octanol–water partition coefficient (Wildman–Crippen LogP) is 10.8. The smallest absolute Gasteiger partial charge is 0.289 e. The Kier molecular flexibility index (Phi) is 12.4. The number of halogens is 16. The van der Waals surface area contributed by atoms with Gasteiger partial charge in [-0.05, 0) is 0 Å². The number of hydrogen-bond acceptors (Lipinski definition) is 1. The van der Waals surface area contributed by atoms with Crippen molar-refractivity contribution < 1.29 is 18.0 Å². The molecule has 0 rings (SSSR count). The lowest BCUT2D eigenvalue weighted by Gasteiger charge is -2.54. The van der Waals surface area contributed by atoms with Crippen molar-refractivity contribution in [2.45, 2.75) is 30.9 Å². The molecule has 156 valence electrons. The number of rotatable bonds is 6. The SMILES string of the molecule is O=C(CC(Br)(Br)C(Br)(Br)C(Br)(Br)C(Br)(Br)C(Br)(Br)C(Br)(Br)Br)C(F)(F)F. The Morgan fingerprint density at radius 2 is 0.885 bits per heavy atom. The summed E-state index contributed by atoms with van der Waals surface area (Å²) in [5.74, 6) is -1.92. The molecule has 0 aliphatic carbocycles. The van der Waals surface area contributed by atoms with Crippen LogP contribution in [0.1, 0.15) is 6.42 Å². The molecular formula is C9H2Br13F3O. The van der Waals surface area contributed by atoms with Gasteiger partial charge in [0.25, 0.3) is 0 Å². The van der Waals surface area contributed by atoms with E-state index in [1.807, 2.05) is 0 Å². The second-order valence-electron chi connectivity index (χ2n) is 4.60. The molecule has 26 heavy (non-hydrogen) atoms. The molecule has 0 aromatic heterocycles. The highest BCUT2D eigenvalue weighted by atomic mass is 80.0. The Morgan fingerprint density at radius 1 is 0.577 bits per heavy atom. The minimum Gasteiger partial charge on any atom is -0.289 e. The maximum atomic E-state index is 12.7. The van der Waals surface area contributed by atoms with Gasteiger partial charge in [-0.15, -0.1) is 0 Å². The number of hydrogen-bond donors (Lipinski definition) is 0. The molecule has 0 aliphatic heterocycles. The van der Waals surface area contributed by atoms with Crippen molar-refractivity contribution in [3.05, 3.63) is 0 Å². The van der Waals surface area contributed by atoms with Crippen molar-refractivity contribution in [1.82, 2.24) is 0 Å². The molecule has 0 radical (unpaired) electrons. The summed E-state index contributed by atoms with van der Waals surface area (Å²) in [5, 5.41) is 0. The van der Waals surface area contributed by atoms with E-state index in [1.165, 1.54) is 0 Å². The van der Waals surface area contributed by atoms with Gasteiger partial charge in [0.05, 0.1) is 0 Å². The lowest BCUT2D eigenvalue weighted by atomic mass is 10.1. The van der Waals surface area contributed by atoms with Crippen molar-refractivity contribution >= 4 is 213 Å². The number of ketones is 1. The van der Waals surface area contributed by atoms with Crippen LogP contribution in [-0.2, 0) is 4.79 Å². The number of carbonyl (C=O) groups is 1. The van der Waals surface area contributed by atoms with Crippen LogP contribution >= 0.6 is 207 Å². The van der Waals surface area contributed by atoms with Gasteiger partial charge in [-0.25, -0.2) is 0 Å². The molecule has 0 saturated carbocycles. The van der Waals surface area contributed by atoms with Crippen LogP contribution in [0.5, 0.6) is 0 Å². The van der Waals surface area contributed by atoms with Gasteiger partial charge in [-0.2, -0.15) is 13.2 Å². The largest absolute Gasteiger partial charge is 0.450 e. The molecule has 0 aromatic carbocycles. The van der Waals surface area contributed by atoms with E-state index < -0.39 is 36.7 Å². The summed E-state index contributed by atoms with van der Waals surface area (Å²) in [6.07, 6.45) is -5.91. The summed E-state index contributed by atoms with van der Waals surface area (Å²) < 4.78 is 30.6. The minimum atomic E-state index is -4.98. The first kappa shape index (κ1) is 31.7. The Labute approximate surface area is 257 Å². The monoisotopic (exact) mass is 1210 g/mol. The lowest BCUT2D eigenvalue weighted by molar-refractivity contribution is -0.171. The third-order valence-corrected chi connectivity index (χ3v) is 27.6. The Bertz CT molecular complexity index is 548. The minimum absolute atomic E-state index is 0.929. The fourth-order valence-electron chi connectivity index (χ4n) is 1.21. The molecule has 0 bridgehead atoms. The van der Waals surface area contributed by atoms with E-state index in [1.54, 1.807) is 0 Å². The average molecular weight is 1220 g/mol. The third-order valence-electron chi connectivity index (χ3n) is 2.70. The average Bonchev–Trinajstić information content (AvgIpc) is 2.34. The van der Waals surface area contributed by atoms with Crippen molar-refractivity contribution in [2.75, 3.05) is 0 Å². The van der Waals surface area contributed by atoms with Crippen molar-refractivity contribution in [2.24, 2.45) is 0 Å². The standard InChI is InChI=1S/C9H2Br13F3O/c10-3(11,1-2(26)4(23,24)25)5(12,13)6(14,15)7(16,17)8(18,19)9(20,21)22/h1H2. The van der Waals surface area contributed by atoms with Crippen LogP contribution in [0.15, 0.2) is 0 Å². The maximum absolute atomic E-state index is 12.7. The molecule has 0 aromatic rings. The summed E-state index contributed by atoms with van der Waals surface area (Å²) in [6, 6.07) is 0. The van der Waals surface area contributed by atoms with Crippen LogP contribution in [0.25, 0.3) is 0 Å². The second-order valence-corrected chi connectivity index (χ2v) is 28.9. The topological polar surface area (TPSA) is 17.1 Å². The molecule has 0 unspecified atom stereocenters. The lowest BCUT2D eigenvalue weighted by Crippen LogP contribution is -2.63. The Balaban J connectivity index is 6.21. The van der Waals surface area contributed by atoms with Crippen LogP contribution < -0.4 is 0 Å². The Hall–Kier alpha value is 5.70. The van der Waals surface area contributed by atoms with Gasteiger partial charge in [0.1, 0.15) is 16.2 Å². The fraction of sp³-hybridized carbons (Fsp3) is 0.889. The van der Waals surface area contributed by atoms with Crippen molar-refractivity contribution in [3.8, 4) is 0 Å². The molecule has 0 aliphatic rings. The van der Waals surface area contributed by atoms with Gasteiger partial charge in [-0.3, -0.25) is 4.79 Å². The highest BCUT2D eigenvalue weighted by Crippen LogP contribution is 2.74. The van der Waals surface area contributed by atoms with Gasteiger partial charge >= 0.3 is 6.18 Å². The van der Waals surface area contributed by atoms with Crippen LogP contribution in [-0.4, -0.2) is 30.3 Å². The summed E-state index contributed by atoms with van der Waals surface area (Å²) in [7, 11) is 0. The van der Waals surface area contributed by atoms with Gasteiger partial charge < -0.3 is 0 Å². The molecule has 0 atom stereocenters. The van der Waals surface area contributed by atoms with E-state index in [-0.39, 0.29) is 0 Å². The van der Waals surface area contributed by atoms with Crippen LogP contribution in [0, 0.1) is 0 Å². The number of Topliss-reactive ketones (excluding diaryl/α,β-unsaturated/α-hetero) is 1. The highest BCUT2D eigenvalue weighted by molar-refractivity contribution is 9.42. The van der Waals surface area contributed by atoms with E-state index in [0.29, 0.717) is 0 Å². The van der Waals surface area contributed by atoms with Crippen LogP contribution in [0.2, 0.25) is 0 Å². The molecule has 0 spiro atoms. The maximum Gasteiger partial charge on any atom is 0.450 e. The molecule has 0 saturated heterocycles. The predicted molar refractivity (Wildman–Crippen MR) is 148 cm³/mol. The fourth-order valence-corrected chi connectivity index (χ4v) is 11.9. The number of carbonyl (C=O) groups excluding carboxylic acids is 1. The van der Waals surface area contributed by atoms with Gasteiger partial charge in [0.2, 0.25) is 5.78 Å². The summed E-state index contributed by atoms with van der Waals surface area (Å²) in [4.78, 5) is 11.5. The van der Waals surface area contributed by atoms with Crippen molar-refractivity contribution in [1.29, 1.82) is 0 Å². The second kappa shape index (κ2) is 10.1. The van der Waals surface area contributed by atoms with E-state index in [2.05, 4.69) is 207 Å². The summed E-state index contributed by atoms with van der Waals surface area (Å²) >= 11 is 44.3. The van der Waals surface area contributed by atoms with Gasteiger partial charge in [-0.1, -0.05) is 207 Å². The van der Waals surface area contributed by atoms with E-state index in [0.717, 1.165) is 0 Å². The van der Waals surface area contributed by atoms with Crippen molar-refractivity contribution in [3.63, 3.8) is 0 Å². The highest BCUT2D eigenvalue weighted by Gasteiger charge is 2.73. The first-order valence-electron chi connectivity index (χ1n) is 5.43. The molecular weight excluding hydrogens is 1220 g/mol. The van der Waals surface area contributed by atoms with Gasteiger partial charge in [0, 0.05) is 6.42 Å². The molecule has 0 fully saturated rings. The van der Waals surface area contributed by atoms with E-state index in [4.69, 9.17) is 0 Å². The normalized spacial score (nSPS) is 16.0. The molecule has 0 heterocycles. The molecule has 17 heteroatoms. The zero-order valence-electron chi connectivity index (χ0n) is 11.2. The molecule has 0 N–H and O–H groups in total. The van der Waals surface area contributed by atoms with E-state index in [9.17, 15) is 18.0 Å². The number of alkyl halides is 16. The first-order valence-corrected chi connectivity index (χ1v) is 15.7. The summed E-state index contributed by atoms with van der Waals surface area (Å²) in [6.45, 7) is 0. The Morgan fingerprint density at radius 3 is 1.15 bits per heavy atom. The van der Waals surface area contributed by atoms with E-state index >= 15 is 0 Å².